The molecule has 0 aromatic heterocycles. The van der Waals surface area contributed by atoms with Crippen molar-refractivity contribution >= 4 is 11.3 Å². The summed E-state index contributed by atoms with van der Waals surface area (Å²) in [5.74, 6) is -8.99. The van der Waals surface area contributed by atoms with E-state index >= 15 is 17.6 Å². The first-order chi connectivity index (χ1) is 22.2. The van der Waals surface area contributed by atoms with Gasteiger partial charge in [0.05, 0.1) is 23.8 Å². The lowest BCUT2D eigenvalue weighted by atomic mass is 9.82. The molecule has 0 spiro atoms. The van der Waals surface area contributed by atoms with Gasteiger partial charge in [0.25, 0.3) is 0 Å². The second-order valence-corrected chi connectivity index (χ2v) is 13.7. The van der Waals surface area contributed by atoms with Crippen LogP contribution in [0.1, 0.15) is 72.4 Å². The monoisotopic (exact) mass is 635 g/mol. The molecule has 10 heteroatoms. The van der Waals surface area contributed by atoms with Crippen molar-refractivity contribution in [1.29, 1.82) is 0 Å². The summed E-state index contributed by atoms with van der Waals surface area (Å²) in [6.45, 7) is 5.39. The Bertz CT molecular complexity index is 1980. The Morgan fingerprint density at radius 3 is 2.37 bits per heavy atom. The van der Waals surface area contributed by atoms with Gasteiger partial charge in [0, 0.05) is 72.4 Å². The van der Waals surface area contributed by atoms with Crippen LogP contribution in [-0.2, 0) is 30.4 Å². The maximum Gasteiger partial charge on any atom is 0.210 e. The molecule has 1 N–H and O–H groups in total. The number of ether oxygens (including phenoxy) is 3. The Kier molecular flexibility index (Phi) is 6.33. The third kappa shape index (κ3) is 4.25. The summed E-state index contributed by atoms with van der Waals surface area (Å²) in [4.78, 5) is 2.37. The maximum atomic E-state index is 16.5. The highest BCUT2D eigenvalue weighted by Crippen LogP contribution is 2.50. The summed E-state index contributed by atoms with van der Waals surface area (Å²) in [6, 6.07) is 3.92. The number of hydrogen-bond acceptors (Lipinski definition) is 5. The molecule has 6 aliphatic heterocycles. The van der Waals surface area contributed by atoms with Gasteiger partial charge in [-0.2, -0.15) is 4.39 Å². The van der Waals surface area contributed by atoms with E-state index in [1.807, 2.05) is 12.1 Å². The summed E-state index contributed by atoms with van der Waals surface area (Å²) < 4.78 is 83.1. The molecule has 240 valence electrons. The SMILES string of the molecule is CC(O)(CC1CO1)Oc1c(F)c(F)c(F)c(F)c1C1=c2cc3c4c(c2Oc2c1cc1c5c2CCCN5CCC1)CCC[N+]=4CCC3. The van der Waals surface area contributed by atoms with E-state index in [0.29, 0.717) is 28.9 Å². The summed E-state index contributed by atoms with van der Waals surface area (Å²) >= 11 is 0. The first kappa shape index (κ1) is 28.6. The van der Waals surface area contributed by atoms with Gasteiger partial charge in [0.2, 0.25) is 22.8 Å². The minimum atomic E-state index is -2.05. The second-order valence-electron chi connectivity index (χ2n) is 13.7. The number of hydrogen-bond donors (Lipinski definition) is 1. The van der Waals surface area contributed by atoms with Crippen molar-refractivity contribution in [3.05, 3.63) is 79.4 Å². The van der Waals surface area contributed by atoms with E-state index in [1.54, 1.807) is 0 Å². The predicted octanol–water partition coefficient (Wildman–Crippen LogP) is 4.55. The van der Waals surface area contributed by atoms with Crippen molar-refractivity contribution < 1.29 is 36.9 Å². The number of benzene rings is 3. The van der Waals surface area contributed by atoms with Crippen molar-refractivity contribution in [3.8, 4) is 17.2 Å². The minimum Gasteiger partial charge on any atom is -0.459 e. The molecule has 2 unspecified atom stereocenters. The molecular formula is C36H35F4N2O4+. The summed E-state index contributed by atoms with van der Waals surface area (Å²) in [7, 11) is 0. The van der Waals surface area contributed by atoms with E-state index in [-0.39, 0.29) is 18.1 Å². The van der Waals surface area contributed by atoms with E-state index in [1.165, 1.54) is 6.92 Å². The molecule has 0 radical (unpaired) electrons. The Morgan fingerprint density at radius 2 is 1.59 bits per heavy atom. The molecule has 2 atom stereocenters. The topological polar surface area (TPSA) is 57.5 Å². The molecule has 6 nitrogen and oxygen atoms in total. The van der Waals surface area contributed by atoms with Gasteiger partial charge in [-0.05, 0) is 56.2 Å². The fraction of sp³-hybridized carbons (Fsp3) is 0.472. The summed E-state index contributed by atoms with van der Waals surface area (Å²) in [5, 5.41) is 12.8. The van der Waals surface area contributed by atoms with Crippen LogP contribution >= 0.6 is 0 Å². The van der Waals surface area contributed by atoms with E-state index in [4.69, 9.17) is 14.2 Å². The number of anilines is 1. The van der Waals surface area contributed by atoms with Gasteiger partial charge < -0.3 is 24.2 Å². The Hall–Kier alpha value is -3.63. The third-order valence-corrected chi connectivity index (χ3v) is 10.5. The van der Waals surface area contributed by atoms with Crippen molar-refractivity contribution in [3.63, 3.8) is 0 Å². The molecule has 6 heterocycles. The van der Waals surface area contributed by atoms with Crippen LogP contribution in [0.3, 0.4) is 0 Å². The lowest BCUT2D eigenvalue weighted by molar-refractivity contribution is -0.132. The quantitative estimate of drug-likeness (QED) is 0.0872. The molecule has 3 aromatic rings. The summed E-state index contributed by atoms with van der Waals surface area (Å²) in [6.07, 6.45) is 6.39. The second kappa shape index (κ2) is 10.2. The zero-order valence-electron chi connectivity index (χ0n) is 25.7. The molecule has 3 aromatic carbocycles. The zero-order chi connectivity index (χ0) is 31.5. The van der Waals surface area contributed by atoms with E-state index in [2.05, 4.69) is 9.48 Å². The van der Waals surface area contributed by atoms with Crippen LogP contribution in [-0.4, -0.2) is 49.8 Å². The molecule has 1 saturated heterocycles. The van der Waals surface area contributed by atoms with E-state index < -0.39 is 40.4 Å². The largest absolute Gasteiger partial charge is 0.459 e. The van der Waals surface area contributed by atoms with Gasteiger partial charge in [-0.15, -0.1) is 0 Å². The average Bonchev–Trinajstić information content (AvgIpc) is 3.86. The molecule has 46 heavy (non-hydrogen) atoms. The lowest BCUT2D eigenvalue weighted by Crippen LogP contribution is -2.45. The van der Waals surface area contributed by atoms with Gasteiger partial charge in [0.15, 0.2) is 17.4 Å². The Labute approximate surface area is 263 Å². The predicted molar refractivity (Wildman–Crippen MR) is 162 cm³/mol. The Balaban J connectivity index is 1.41. The maximum absolute atomic E-state index is 16.5. The molecule has 0 saturated carbocycles. The third-order valence-electron chi connectivity index (χ3n) is 10.5. The number of epoxide rings is 1. The van der Waals surface area contributed by atoms with Crippen molar-refractivity contribution in [2.75, 3.05) is 37.7 Å². The van der Waals surface area contributed by atoms with Gasteiger partial charge in [-0.1, -0.05) is 0 Å². The van der Waals surface area contributed by atoms with Crippen molar-refractivity contribution in [1.82, 2.24) is 4.58 Å². The normalized spacial score (nSPS) is 21.9. The fourth-order valence-electron chi connectivity index (χ4n) is 8.58. The molecule has 0 bridgehead atoms. The standard InChI is InChI=1S/C36H35F4N2O4/c1-36(43,16-20-17-44-20)46-35-26(27(37)28(38)29(39)30(35)40)25-23-14-18-6-2-10-41-12-4-8-21(31(18)41)33(23)45-34-22-9-5-13-42-11-3-7-19(32(22)42)15-24(25)34/h14-15,20,43H,2-13,16-17H2,1H3/q+1. The average molecular weight is 636 g/mol. The minimum absolute atomic E-state index is 0.0565. The van der Waals surface area contributed by atoms with Crippen LogP contribution < -0.4 is 29.5 Å². The highest BCUT2D eigenvalue weighted by atomic mass is 19.2. The van der Waals surface area contributed by atoms with E-state index in [9.17, 15) is 5.11 Å². The van der Waals surface area contributed by atoms with E-state index in [0.717, 1.165) is 111 Å². The zero-order valence-corrected chi connectivity index (χ0v) is 25.7. The molecule has 9 rings (SSSR count). The first-order valence-corrected chi connectivity index (χ1v) is 16.5. The van der Waals surface area contributed by atoms with Crippen LogP contribution in [0.15, 0.2) is 12.1 Å². The highest BCUT2D eigenvalue weighted by molar-refractivity contribution is 5.91. The van der Waals surface area contributed by atoms with Crippen molar-refractivity contribution in [2.45, 2.75) is 76.6 Å². The molecule has 1 fully saturated rings. The number of aliphatic hydroxyl groups is 1. The van der Waals surface area contributed by atoms with Crippen LogP contribution in [0.5, 0.6) is 17.2 Å². The van der Waals surface area contributed by atoms with Gasteiger partial charge >= 0.3 is 0 Å². The van der Waals surface area contributed by atoms with Gasteiger partial charge in [-0.25, -0.2) is 17.7 Å². The number of aryl methyl sites for hydroxylation is 2. The first-order valence-electron chi connectivity index (χ1n) is 16.5. The fourth-order valence-corrected chi connectivity index (χ4v) is 8.58. The number of halogens is 4. The molecule has 6 aliphatic rings. The van der Waals surface area contributed by atoms with Gasteiger partial charge in [0.1, 0.15) is 24.6 Å². The number of nitrogens with zero attached hydrogens (tertiary/aromatic N) is 2. The van der Waals surface area contributed by atoms with Crippen LogP contribution in [0.4, 0.5) is 23.2 Å². The van der Waals surface area contributed by atoms with Crippen LogP contribution in [0.2, 0.25) is 0 Å². The molecule has 0 amide bonds. The molecular weight excluding hydrogens is 600 g/mol. The number of rotatable bonds is 5. The number of fused-ring (bicyclic) bond motifs is 4. The highest BCUT2D eigenvalue weighted by Gasteiger charge is 2.41. The van der Waals surface area contributed by atoms with Crippen molar-refractivity contribution in [2.24, 2.45) is 0 Å². The summed E-state index contributed by atoms with van der Waals surface area (Å²) in [5.41, 5.74) is 5.42. The molecule has 0 aliphatic carbocycles. The Morgan fingerprint density at radius 1 is 0.891 bits per heavy atom. The lowest BCUT2D eigenvalue weighted by Gasteiger charge is -2.39. The smallest absolute Gasteiger partial charge is 0.210 e. The van der Waals surface area contributed by atoms with Crippen LogP contribution in [0, 0.1) is 23.3 Å². The van der Waals surface area contributed by atoms with Gasteiger partial charge in [-0.3, -0.25) is 0 Å². The van der Waals surface area contributed by atoms with Crippen LogP contribution in [0.25, 0.3) is 5.57 Å².